The van der Waals surface area contributed by atoms with Gasteiger partial charge in [-0.05, 0) is 65.4 Å². The van der Waals surface area contributed by atoms with Crippen molar-refractivity contribution >= 4 is 45.2 Å². The maximum absolute atomic E-state index is 13.3. The molecule has 0 radical (unpaired) electrons. The number of piperazine rings is 1. The van der Waals surface area contributed by atoms with Gasteiger partial charge in [-0.1, -0.05) is 74.3 Å². The zero-order chi connectivity index (χ0) is 33.9. The van der Waals surface area contributed by atoms with Crippen LogP contribution in [0.2, 0.25) is 10.0 Å². The van der Waals surface area contributed by atoms with Crippen LogP contribution in [0.3, 0.4) is 0 Å². The second-order valence-electron chi connectivity index (χ2n) is 13.3. The van der Waals surface area contributed by atoms with Gasteiger partial charge in [0.15, 0.2) is 6.29 Å². The van der Waals surface area contributed by atoms with E-state index in [9.17, 15) is 13.2 Å². The molecule has 3 atom stereocenters. The minimum absolute atomic E-state index is 0.0959. The van der Waals surface area contributed by atoms with Crippen LogP contribution in [-0.4, -0.2) is 92.7 Å². The quantitative estimate of drug-likeness (QED) is 0.214. The van der Waals surface area contributed by atoms with Crippen molar-refractivity contribution < 1.29 is 17.9 Å². The highest BCUT2D eigenvalue weighted by atomic mass is 35.5. The van der Waals surface area contributed by atoms with Gasteiger partial charge in [0.1, 0.15) is 33.6 Å². The minimum atomic E-state index is -3.07. The van der Waals surface area contributed by atoms with E-state index in [1.54, 1.807) is 0 Å². The van der Waals surface area contributed by atoms with Crippen LogP contribution < -0.4 is 4.74 Å². The Labute approximate surface area is 289 Å². The summed E-state index contributed by atoms with van der Waals surface area (Å²) < 4.78 is 29.9. The molecule has 3 aromatic carbocycles. The first-order chi connectivity index (χ1) is 22.3. The lowest BCUT2D eigenvalue weighted by atomic mass is 9.86. The molecule has 0 spiro atoms. The fourth-order valence-electron chi connectivity index (χ4n) is 6.29. The van der Waals surface area contributed by atoms with E-state index in [2.05, 4.69) is 53.7 Å². The van der Waals surface area contributed by atoms with Gasteiger partial charge in [-0.25, -0.2) is 8.42 Å². The van der Waals surface area contributed by atoms with Gasteiger partial charge in [0.25, 0.3) is 0 Å². The van der Waals surface area contributed by atoms with Gasteiger partial charge in [0, 0.05) is 49.0 Å². The number of halogens is 2. The molecule has 0 amide bonds. The van der Waals surface area contributed by atoms with Crippen LogP contribution in [0.1, 0.15) is 62.0 Å². The van der Waals surface area contributed by atoms with Crippen molar-refractivity contribution in [2.75, 3.05) is 51.3 Å². The van der Waals surface area contributed by atoms with Gasteiger partial charge in [-0.15, -0.1) is 0 Å². The maximum Gasteiger partial charge on any atom is 0.157 e. The number of sulfone groups is 1. The number of rotatable bonds is 11. The third kappa shape index (κ3) is 8.38. The van der Waals surface area contributed by atoms with Gasteiger partial charge in [0.2, 0.25) is 0 Å². The van der Waals surface area contributed by atoms with Gasteiger partial charge < -0.3 is 9.64 Å². The molecule has 5 rings (SSSR count). The Kier molecular flexibility index (Phi) is 11.0. The highest BCUT2D eigenvalue weighted by Gasteiger charge is 2.45. The summed E-state index contributed by atoms with van der Waals surface area (Å²) in [4.78, 5) is 25.2. The molecule has 0 aliphatic carbocycles. The zero-order valence-electron chi connectivity index (χ0n) is 27.7. The Morgan fingerprint density at radius 3 is 2.06 bits per heavy atom. The SMILES string of the molecule is CCOc1cc(C(C)(C)C)ccc1C1=N[C@@H](c2ccc(Cl)cc2)[C@@H](c2ccc(Cl)cc2)N1C(C=O)N1CCN(CCS(C)(=O)=O)CC1. The molecular formula is C36H44Cl2N4O4S. The van der Waals surface area contributed by atoms with Crippen molar-refractivity contribution in [2.45, 2.75) is 51.4 Å². The molecule has 3 aromatic rings. The summed E-state index contributed by atoms with van der Waals surface area (Å²) in [5.41, 5.74) is 3.79. The van der Waals surface area contributed by atoms with E-state index in [1.807, 2.05) is 55.5 Å². The summed E-state index contributed by atoms with van der Waals surface area (Å²) in [6, 6.07) is 21.0. The van der Waals surface area contributed by atoms with Gasteiger partial charge >= 0.3 is 0 Å². The zero-order valence-corrected chi connectivity index (χ0v) is 30.0. The van der Waals surface area contributed by atoms with E-state index in [0.29, 0.717) is 61.0 Å². The van der Waals surface area contributed by atoms with Crippen LogP contribution in [-0.2, 0) is 20.0 Å². The predicted molar refractivity (Wildman–Crippen MR) is 191 cm³/mol. The number of carbonyl (C=O) groups excluding carboxylic acids is 1. The molecule has 1 saturated heterocycles. The van der Waals surface area contributed by atoms with Crippen molar-refractivity contribution in [3.05, 3.63) is 99.0 Å². The second-order valence-corrected chi connectivity index (χ2v) is 16.4. The average Bonchev–Trinajstić information content (AvgIpc) is 3.41. The van der Waals surface area contributed by atoms with Crippen LogP contribution in [0, 0.1) is 0 Å². The number of ether oxygens (including phenoxy) is 1. The third-order valence-electron chi connectivity index (χ3n) is 8.88. The number of carbonyl (C=O) groups is 1. The highest BCUT2D eigenvalue weighted by molar-refractivity contribution is 7.90. The summed E-state index contributed by atoms with van der Waals surface area (Å²) in [7, 11) is -3.07. The normalized spacial score (nSPS) is 20.2. The molecule has 0 N–H and O–H groups in total. The molecule has 0 bridgehead atoms. The first kappa shape index (κ1) is 35.4. The molecule has 2 aliphatic heterocycles. The molecule has 252 valence electrons. The van der Waals surface area contributed by atoms with E-state index in [1.165, 1.54) is 6.26 Å². The summed E-state index contributed by atoms with van der Waals surface area (Å²) in [6.07, 6.45) is 1.61. The number of nitrogens with zero attached hydrogens (tertiary/aromatic N) is 4. The molecule has 2 heterocycles. The van der Waals surface area contributed by atoms with Crippen LogP contribution >= 0.6 is 23.2 Å². The summed E-state index contributed by atoms with van der Waals surface area (Å²) in [5, 5.41) is 1.25. The van der Waals surface area contributed by atoms with Gasteiger partial charge in [0.05, 0.1) is 24.0 Å². The Balaban J connectivity index is 1.63. The molecule has 0 saturated carbocycles. The van der Waals surface area contributed by atoms with E-state index >= 15 is 0 Å². The lowest BCUT2D eigenvalue weighted by Gasteiger charge is -2.44. The number of hydrogen-bond acceptors (Lipinski definition) is 8. The lowest BCUT2D eigenvalue weighted by molar-refractivity contribution is -0.118. The van der Waals surface area contributed by atoms with Crippen LogP contribution in [0.5, 0.6) is 5.75 Å². The van der Waals surface area contributed by atoms with Crippen molar-refractivity contribution in [3.8, 4) is 5.75 Å². The highest BCUT2D eigenvalue weighted by Crippen LogP contribution is 2.46. The topological polar surface area (TPSA) is 82.5 Å². The van der Waals surface area contributed by atoms with Crippen molar-refractivity contribution in [1.82, 2.24) is 14.7 Å². The molecule has 11 heteroatoms. The molecule has 1 unspecified atom stereocenters. The number of amidine groups is 1. The Morgan fingerprint density at radius 2 is 1.53 bits per heavy atom. The van der Waals surface area contributed by atoms with Crippen LogP contribution in [0.4, 0.5) is 0 Å². The first-order valence-electron chi connectivity index (χ1n) is 16.0. The fourth-order valence-corrected chi connectivity index (χ4v) is 7.14. The maximum atomic E-state index is 13.3. The minimum Gasteiger partial charge on any atom is -0.493 e. The smallest absolute Gasteiger partial charge is 0.157 e. The van der Waals surface area contributed by atoms with E-state index in [0.717, 1.165) is 28.5 Å². The Hall–Kier alpha value is -2.95. The molecular weight excluding hydrogens is 655 g/mol. The predicted octanol–water partition coefficient (Wildman–Crippen LogP) is 6.42. The number of hydrogen-bond donors (Lipinski definition) is 0. The first-order valence-corrected chi connectivity index (χ1v) is 18.8. The standard InChI is InChI=1S/C36H44Cl2N4O4S/c1-6-46-31-23-27(36(2,3)4)11-16-30(31)35-39-33(25-7-12-28(37)13-8-25)34(26-9-14-29(38)15-10-26)42(35)32(24-43)41-19-17-40(18-20-41)21-22-47(5,44)45/h7-16,23-24,32-34H,6,17-22H2,1-5H3/t32?,33-,34+/m0/s1. The Morgan fingerprint density at radius 1 is 0.936 bits per heavy atom. The van der Waals surface area contributed by atoms with Gasteiger partial charge in [-0.2, -0.15) is 0 Å². The summed E-state index contributed by atoms with van der Waals surface area (Å²) in [5.74, 6) is 1.50. The molecule has 2 aliphatic rings. The monoisotopic (exact) mass is 698 g/mol. The Bertz CT molecular complexity index is 1680. The number of benzene rings is 3. The second kappa shape index (κ2) is 14.7. The molecule has 0 aromatic heterocycles. The molecule has 47 heavy (non-hydrogen) atoms. The van der Waals surface area contributed by atoms with E-state index < -0.39 is 16.0 Å². The number of aldehydes is 1. The lowest BCUT2D eigenvalue weighted by Crippen LogP contribution is -2.58. The fraction of sp³-hybridized carbons (Fsp3) is 0.444. The third-order valence-corrected chi connectivity index (χ3v) is 10.3. The van der Waals surface area contributed by atoms with Crippen molar-refractivity contribution in [3.63, 3.8) is 0 Å². The van der Waals surface area contributed by atoms with E-state index in [4.69, 9.17) is 32.9 Å². The largest absolute Gasteiger partial charge is 0.493 e. The van der Waals surface area contributed by atoms with Crippen molar-refractivity contribution in [1.29, 1.82) is 0 Å². The molecule has 8 nitrogen and oxygen atoms in total. The summed E-state index contributed by atoms with van der Waals surface area (Å²) in [6.45, 7) is 11.9. The van der Waals surface area contributed by atoms with Crippen LogP contribution in [0.15, 0.2) is 71.7 Å². The average molecular weight is 700 g/mol. The summed E-state index contributed by atoms with van der Waals surface area (Å²) >= 11 is 12.7. The molecule has 1 fully saturated rings. The number of aliphatic imine (C=N–C) groups is 1. The van der Waals surface area contributed by atoms with Crippen LogP contribution in [0.25, 0.3) is 0 Å². The van der Waals surface area contributed by atoms with E-state index in [-0.39, 0.29) is 23.3 Å². The van der Waals surface area contributed by atoms with Crippen molar-refractivity contribution in [2.24, 2.45) is 4.99 Å². The van der Waals surface area contributed by atoms with Gasteiger partial charge in [-0.3, -0.25) is 19.6 Å².